The Bertz CT molecular complexity index is 622. The number of nitrogens with zero attached hydrogens (tertiary/aromatic N) is 1. The van der Waals surface area contributed by atoms with Crippen molar-refractivity contribution in [2.75, 3.05) is 6.61 Å². The van der Waals surface area contributed by atoms with E-state index in [-0.39, 0.29) is 11.7 Å². The summed E-state index contributed by atoms with van der Waals surface area (Å²) in [5.41, 5.74) is 2.18. The Hall–Kier alpha value is -2.18. The topological polar surface area (TPSA) is 47.1 Å². The van der Waals surface area contributed by atoms with E-state index in [1.54, 1.807) is 6.33 Å². The lowest BCUT2D eigenvalue weighted by Crippen LogP contribution is -2.17. The molecule has 1 aromatic heterocycles. The van der Waals surface area contributed by atoms with Gasteiger partial charge in [0.1, 0.15) is 11.5 Å². The Kier molecular flexibility index (Phi) is 3.96. The largest absolute Gasteiger partial charge is 0.573 e. The number of H-pyrrole nitrogens is 1. The smallest absolute Gasteiger partial charge is 0.493 e. The van der Waals surface area contributed by atoms with Crippen molar-refractivity contribution in [3.8, 4) is 11.5 Å². The number of halogens is 3. The summed E-state index contributed by atoms with van der Waals surface area (Å²) in [4.78, 5) is 7.45. The molecule has 0 saturated carbocycles. The molecule has 118 valence electrons. The zero-order chi connectivity index (χ0) is 15.6. The van der Waals surface area contributed by atoms with E-state index >= 15 is 0 Å². The molecule has 0 radical (unpaired) electrons. The monoisotopic (exact) mass is 312 g/mol. The van der Waals surface area contributed by atoms with Gasteiger partial charge < -0.3 is 14.5 Å². The zero-order valence-corrected chi connectivity index (χ0v) is 11.7. The molecule has 0 saturated heterocycles. The molecule has 1 atom stereocenters. The first kappa shape index (κ1) is 14.7. The quantitative estimate of drug-likeness (QED) is 0.934. The van der Waals surface area contributed by atoms with E-state index in [1.165, 1.54) is 24.3 Å². The number of imidazole rings is 1. The SMILES string of the molecule is FC(F)(F)Oc1ccc(OCC2CCCc3[nH]cnc32)cc1. The minimum absolute atomic E-state index is 0.209. The predicted octanol–water partition coefficient (Wildman–Crippen LogP) is 3.81. The first-order valence-electron chi connectivity index (χ1n) is 7.02. The number of rotatable bonds is 4. The minimum Gasteiger partial charge on any atom is -0.493 e. The van der Waals surface area contributed by atoms with E-state index in [0.29, 0.717) is 12.4 Å². The molecule has 1 heterocycles. The summed E-state index contributed by atoms with van der Waals surface area (Å²) in [5.74, 6) is 0.463. The third-order valence-electron chi connectivity index (χ3n) is 3.63. The molecule has 1 unspecified atom stereocenters. The molecule has 1 aromatic carbocycles. The highest BCUT2D eigenvalue weighted by Crippen LogP contribution is 2.30. The molecule has 0 bridgehead atoms. The van der Waals surface area contributed by atoms with Gasteiger partial charge in [-0.05, 0) is 43.5 Å². The van der Waals surface area contributed by atoms with E-state index in [0.717, 1.165) is 30.7 Å². The number of ether oxygens (including phenoxy) is 2. The third-order valence-corrected chi connectivity index (χ3v) is 3.63. The number of aromatic nitrogens is 2. The van der Waals surface area contributed by atoms with E-state index in [4.69, 9.17) is 4.74 Å². The van der Waals surface area contributed by atoms with Crippen molar-refractivity contribution in [3.05, 3.63) is 42.0 Å². The molecule has 22 heavy (non-hydrogen) atoms. The summed E-state index contributed by atoms with van der Waals surface area (Å²) >= 11 is 0. The molecule has 1 aliphatic rings. The van der Waals surface area contributed by atoms with Crippen LogP contribution in [0.4, 0.5) is 13.2 Å². The molecule has 2 aromatic rings. The maximum atomic E-state index is 12.1. The van der Waals surface area contributed by atoms with Crippen LogP contribution in [0.3, 0.4) is 0 Å². The maximum Gasteiger partial charge on any atom is 0.573 e. The van der Waals surface area contributed by atoms with Crippen LogP contribution in [0.25, 0.3) is 0 Å². The predicted molar refractivity (Wildman–Crippen MR) is 72.9 cm³/mol. The Balaban J connectivity index is 1.59. The van der Waals surface area contributed by atoms with Crippen LogP contribution in [-0.4, -0.2) is 22.9 Å². The second kappa shape index (κ2) is 5.90. The minimum atomic E-state index is -4.68. The standard InChI is InChI=1S/C15H15F3N2O2/c16-15(17,18)22-12-6-4-11(5-7-12)21-8-10-2-1-3-13-14(10)20-9-19-13/h4-7,9-10H,1-3,8H2,(H,19,20). The van der Waals surface area contributed by atoms with Gasteiger partial charge in [0.25, 0.3) is 0 Å². The molecule has 0 fully saturated rings. The highest BCUT2D eigenvalue weighted by Gasteiger charge is 2.31. The third kappa shape index (κ3) is 3.52. The molecule has 0 amide bonds. The van der Waals surface area contributed by atoms with Crippen molar-refractivity contribution in [1.29, 1.82) is 0 Å². The van der Waals surface area contributed by atoms with E-state index in [2.05, 4.69) is 14.7 Å². The Morgan fingerprint density at radius 1 is 1.18 bits per heavy atom. The summed E-state index contributed by atoms with van der Waals surface area (Å²) in [6, 6.07) is 5.41. The van der Waals surface area contributed by atoms with Gasteiger partial charge >= 0.3 is 6.36 Å². The Morgan fingerprint density at radius 3 is 2.64 bits per heavy atom. The van der Waals surface area contributed by atoms with Gasteiger partial charge in [0.2, 0.25) is 0 Å². The molecule has 0 spiro atoms. The van der Waals surface area contributed by atoms with Gasteiger partial charge in [-0.25, -0.2) is 4.98 Å². The van der Waals surface area contributed by atoms with Crippen molar-refractivity contribution in [2.24, 2.45) is 0 Å². The van der Waals surface area contributed by atoms with Gasteiger partial charge in [0.15, 0.2) is 0 Å². The first-order chi connectivity index (χ1) is 10.5. The van der Waals surface area contributed by atoms with Crippen molar-refractivity contribution < 1.29 is 22.6 Å². The summed E-state index contributed by atoms with van der Waals surface area (Å²) < 4.78 is 45.7. The lowest BCUT2D eigenvalue weighted by atomic mass is 9.90. The second-order valence-electron chi connectivity index (χ2n) is 5.19. The fraction of sp³-hybridized carbons (Fsp3) is 0.400. The second-order valence-corrected chi connectivity index (χ2v) is 5.19. The van der Waals surface area contributed by atoms with E-state index in [1.807, 2.05) is 0 Å². The Labute approximate surface area is 125 Å². The number of alkyl halides is 3. The van der Waals surface area contributed by atoms with Crippen molar-refractivity contribution >= 4 is 0 Å². The van der Waals surface area contributed by atoms with Crippen LogP contribution in [0.2, 0.25) is 0 Å². The molecular formula is C15H15F3N2O2. The molecule has 7 heteroatoms. The van der Waals surface area contributed by atoms with Crippen molar-refractivity contribution in [2.45, 2.75) is 31.5 Å². The molecule has 4 nitrogen and oxygen atoms in total. The van der Waals surface area contributed by atoms with Gasteiger partial charge in [-0.2, -0.15) is 0 Å². The summed E-state index contributed by atoms with van der Waals surface area (Å²) in [6.07, 6.45) is 0.0666. The summed E-state index contributed by atoms with van der Waals surface area (Å²) in [7, 11) is 0. The van der Waals surface area contributed by atoms with Crippen LogP contribution in [0.1, 0.15) is 30.1 Å². The summed E-state index contributed by atoms with van der Waals surface area (Å²) in [6.45, 7) is 0.456. The fourth-order valence-electron chi connectivity index (χ4n) is 2.64. The van der Waals surface area contributed by atoms with Crippen LogP contribution in [-0.2, 0) is 6.42 Å². The summed E-state index contributed by atoms with van der Waals surface area (Å²) in [5, 5.41) is 0. The van der Waals surface area contributed by atoms with Crippen LogP contribution < -0.4 is 9.47 Å². The average Bonchev–Trinajstić information content (AvgIpc) is 2.94. The molecular weight excluding hydrogens is 297 g/mol. The Morgan fingerprint density at radius 2 is 1.91 bits per heavy atom. The maximum absolute atomic E-state index is 12.1. The van der Waals surface area contributed by atoms with Gasteiger partial charge in [-0.15, -0.1) is 13.2 Å². The number of hydrogen-bond acceptors (Lipinski definition) is 3. The van der Waals surface area contributed by atoms with Crippen LogP contribution in [0, 0.1) is 0 Å². The van der Waals surface area contributed by atoms with Crippen LogP contribution in [0.15, 0.2) is 30.6 Å². The van der Waals surface area contributed by atoms with Gasteiger partial charge in [-0.1, -0.05) is 0 Å². The van der Waals surface area contributed by atoms with E-state index < -0.39 is 6.36 Å². The number of aryl methyl sites for hydroxylation is 1. The van der Waals surface area contributed by atoms with Crippen LogP contribution >= 0.6 is 0 Å². The molecule has 3 rings (SSSR count). The number of fused-ring (bicyclic) bond motifs is 1. The first-order valence-corrected chi connectivity index (χ1v) is 7.02. The van der Waals surface area contributed by atoms with Gasteiger partial charge in [0, 0.05) is 11.6 Å². The number of benzene rings is 1. The lowest BCUT2D eigenvalue weighted by Gasteiger charge is -2.21. The van der Waals surface area contributed by atoms with Crippen molar-refractivity contribution in [3.63, 3.8) is 0 Å². The van der Waals surface area contributed by atoms with Crippen LogP contribution in [0.5, 0.6) is 11.5 Å². The normalized spacial score (nSPS) is 17.9. The number of nitrogens with one attached hydrogen (secondary N) is 1. The number of hydrogen-bond donors (Lipinski definition) is 1. The average molecular weight is 312 g/mol. The highest BCUT2D eigenvalue weighted by molar-refractivity contribution is 5.31. The van der Waals surface area contributed by atoms with E-state index in [9.17, 15) is 13.2 Å². The number of aromatic amines is 1. The molecule has 0 aliphatic heterocycles. The van der Waals surface area contributed by atoms with Crippen molar-refractivity contribution in [1.82, 2.24) is 9.97 Å². The highest BCUT2D eigenvalue weighted by atomic mass is 19.4. The van der Waals surface area contributed by atoms with Gasteiger partial charge in [-0.3, -0.25) is 0 Å². The molecule has 1 aliphatic carbocycles. The molecule has 1 N–H and O–H groups in total. The van der Waals surface area contributed by atoms with Gasteiger partial charge in [0.05, 0.1) is 18.6 Å². The fourth-order valence-corrected chi connectivity index (χ4v) is 2.64. The lowest BCUT2D eigenvalue weighted by molar-refractivity contribution is -0.274. The zero-order valence-electron chi connectivity index (χ0n) is 11.7.